The van der Waals surface area contributed by atoms with Gasteiger partial charge in [0, 0.05) is 17.1 Å². The summed E-state index contributed by atoms with van der Waals surface area (Å²) in [5.74, 6) is 0. The van der Waals surface area contributed by atoms with E-state index in [2.05, 4.69) is 195 Å². The van der Waals surface area contributed by atoms with Gasteiger partial charge in [0.15, 0.2) is 0 Å². The summed E-state index contributed by atoms with van der Waals surface area (Å²) in [5, 5.41) is 5.40. The van der Waals surface area contributed by atoms with Crippen LogP contribution in [0, 0.1) is 0 Å². The molecule has 0 amide bonds. The molecule has 0 radical (unpaired) electrons. The van der Waals surface area contributed by atoms with Crippen molar-refractivity contribution in [2.45, 2.75) is 52.4 Å². The lowest BCUT2D eigenvalue weighted by Crippen LogP contribution is -2.12. The smallest absolute Gasteiger partial charge is 0.0500 e. The van der Waals surface area contributed by atoms with E-state index in [1.807, 2.05) is 0 Å². The highest BCUT2D eigenvalue weighted by molar-refractivity contribution is 6.02. The van der Waals surface area contributed by atoms with Gasteiger partial charge in [0.25, 0.3) is 0 Å². The van der Waals surface area contributed by atoms with E-state index in [1.54, 1.807) is 0 Å². The second-order valence-electron chi connectivity index (χ2n) is 15.0. The molecule has 0 fully saturated rings. The number of anilines is 3. The molecular weight excluding hydrogens is 663 g/mol. The maximum Gasteiger partial charge on any atom is 0.0500 e. The zero-order valence-electron chi connectivity index (χ0n) is 31.9. The van der Waals surface area contributed by atoms with Crippen LogP contribution >= 0.6 is 0 Å². The monoisotopic (exact) mass is 709 g/mol. The van der Waals surface area contributed by atoms with Gasteiger partial charge in [-0.15, -0.1) is 0 Å². The highest BCUT2D eigenvalue weighted by Gasteiger charge is 2.25. The van der Waals surface area contributed by atoms with Crippen molar-refractivity contribution in [2.24, 2.45) is 0 Å². The summed E-state index contributed by atoms with van der Waals surface area (Å²) in [6, 6.07) is 65.1. The van der Waals surface area contributed by atoms with Crippen LogP contribution in [0.3, 0.4) is 0 Å². The minimum absolute atomic E-state index is 1.03. The average molecular weight is 710 g/mol. The minimum atomic E-state index is 1.03. The summed E-state index contributed by atoms with van der Waals surface area (Å²) in [7, 11) is 0. The molecule has 268 valence electrons. The Bertz CT molecular complexity index is 2550. The standard InChI is InChI=1S/C54H47N/c1-3-13-50(44-22-21-40-19-11-12-20-43(40)35-44)51(14-4-2)47-36-45-27-33-52-53(34-28-46(37-47)54(45)52)55(48-29-23-41(24-30-48)38-15-7-5-8-16-38)49-31-25-42(26-32-49)39-17-9-6-10-18-39/h5-12,15-26,28-32,34-37H,3-4,13-14,27,33H2,1-2H3/b51-50+. The lowest BCUT2D eigenvalue weighted by atomic mass is 9.86. The largest absolute Gasteiger partial charge is 0.310 e. The van der Waals surface area contributed by atoms with Crippen LogP contribution in [0.2, 0.25) is 0 Å². The Morgan fingerprint density at radius 2 is 0.945 bits per heavy atom. The molecule has 0 unspecified atom stereocenters. The number of rotatable bonds is 11. The van der Waals surface area contributed by atoms with Crippen molar-refractivity contribution < 1.29 is 0 Å². The molecule has 1 aliphatic rings. The van der Waals surface area contributed by atoms with Crippen molar-refractivity contribution in [3.63, 3.8) is 0 Å². The van der Waals surface area contributed by atoms with Crippen molar-refractivity contribution in [2.75, 3.05) is 4.90 Å². The van der Waals surface area contributed by atoms with E-state index in [-0.39, 0.29) is 0 Å². The van der Waals surface area contributed by atoms with Gasteiger partial charge in [0.1, 0.15) is 0 Å². The number of allylic oxidation sites excluding steroid dienone is 2. The normalized spacial score (nSPS) is 12.6. The number of benzene rings is 8. The van der Waals surface area contributed by atoms with Crippen molar-refractivity contribution in [1.29, 1.82) is 0 Å². The van der Waals surface area contributed by atoms with E-state index in [0.717, 1.165) is 38.5 Å². The van der Waals surface area contributed by atoms with Gasteiger partial charge in [0.2, 0.25) is 0 Å². The van der Waals surface area contributed by atoms with Gasteiger partial charge in [-0.25, -0.2) is 0 Å². The first-order chi connectivity index (χ1) is 27.2. The second-order valence-corrected chi connectivity index (χ2v) is 15.0. The molecule has 0 bridgehead atoms. The lowest BCUT2D eigenvalue weighted by molar-refractivity contribution is 0.944. The van der Waals surface area contributed by atoms with Crippen LogP contribution in [-0.2, 0) is 12.8 Å². The van der Waals surface area contributed by atoms with Crippen LogP contribution in [0.1, 0.15) is 61.8 Å². The highest BCUT2D eigenvalue weighted by Crippen LogP contribution is 2.46. The first-order valence-electron chi connectivity index (χ1n) is 20.1. The maximum atomic E-state index is 2.54. The Morgan fingerprint density at radius 3 is 1.55 bits per heavy atom. The minimum Gasteiger partial charge on any atom is -0.310 e. The first-order valence-corrected chi connectivity index (χ1v) is 20.1. The third-order valence-corrected chi connectivity index (χ3v) is 11.4. The predicted molar refractivity (Wildman–Crippen MR) is 237 cm³/mol. The molecule has 1 nitrogen and oxygen atoms in total. The molecule has 0 aromatic heterocycles. The van der Waals surface area contributed by atoms with Crippen LogP contribution in [-0.4, -0.2) is 0 Å². The van der Waals surface area contributed by atoms with E-state index in [0.29, 0.717) is 0 Å². The van der Waals surface area contributed by atoms with Crippen molar-refractivity contribution in [1.82, 2.24) is 0 Å². The third kappa shape index (κ3) is 6.77. The first kappa shape index (κ1) is 34.6. The van der Waals surface area contributed by atoms with Crippen LogP contribution in [0.5, 0.6) is 0 Å². The molecule has 0 N–H and O–H groups in total. The van der Waals surface area contributed by atoms with Gasteiger partial charge in [-0.3, -0.25) is 0 Å². The van der Waals surface area contributed by atoms with E-state index in [9.17, 15) is 0 Å². The molecule has 0 atom stereocenters. The molecule has 0 saturated carbocycles. The Kier molecular flexibility index (Phi) is 9.61. The number of fused-ring (bicyclic) bond motifs is 1. The molecule has 0 saturated heterocycles. The quantitative estimate of drug-likeness (QED) is 0.121. The fourth-order valence-electron chi connectivity index (χ4n) is 8.83. The van der Waals surface area contributed by atoms with Crippen molar-refractivity contribution in [3.8, 4) is 22.3 Å². The summed E-state index contributed by atoms with van der Waals surface area (Å²) in [5.41, 5.74) is 17.2. The van der Waals surface area contributed by atoms with Gasteiger partial charge in [0.05, 0.1) is 0 Å². The van der Waals surface area contributed by atoms with E-state index in [4.69, 9.17) is 0 Å². The highest BCUT2D eigenvalue weighted by atomic mass is 15.1. The van der Waals surface area contributed by atoms with Crippen molar-refractivity contribution in [3.05, 3.63) is 198 Å². The zero-order valence-corrected chi connectivity index (χ0v) is 31.9. The molecule has 9 rings (SSSR count). The Balaban J connectivity index is 1.16. The lowest BCUT2D eigenvalue weighted by Gasteiger charge is -2.28. The molecule has 0 heterocycles. The molecule has 0 spiro atoms. The van der Waals surface area contributed by atoms with Gasteiger partial charge >= 0.3 is 0 Å². The molecular formula is C54H47N. The fourth-order valence-corrected chi connectivity index (χ4v) is 8.83. The molecule has 8 aromatic carbocycles. The topological polar surface area (TPSA) is 3.24 Å². The summed E-state index contributed by atoms with van der Waals surface area (Å²) >= 11 is 0. The van der Waals surface area contributed by atoms with Crippen LogP contribution in [0.25, 0.3) is 54.9 Å². The van der Waals surface area contributed by atoms with Gasteiger partial charge in [-0.2, -0.15) is 0 Å². The van der Waals surface area contributed by atoms with E-state index in [1.165, 1.54) is 94.3 Å². The molecule has 8 aromatic rings. The predicted octanol–water partition coefficient (Wildman–Crippen LogP) is 15.4. The second kappa shape index (κ2) is 15.3. The average Bonchev–Trinajstić information content (AvgIpc) is 3.69. The van der Waals surface area contributed by atoms with Crippen LogP contribution in [0.4, 0.5) is 17.1 Å². The summed E-state index contributed by atoms with van der Waals surface area (Å²) in [6.45, 7) is 4.64. The summed E-state index contributed by atoms with van der Waals surface area (Å²) < 4.78 is 0. The summed E-state index contributed by atoms with van der Waals surface area (Å²) in [6.07, 6.45) is 6.48. The summed E-state index contributed by atoms with van der Waals surface area (Å²) in [4.78, 5) is 2.48. The molecule has 1 aliphatic carbocycles. The molecule has 0 aliphatic heterocycles. The van der Waals surface area contributed by atoms with Crippen LogP contribution in [0.15, 0.2) is 176 Å². The fraction of sp³-hybridized carbons (Fsp3) is 0.148. The zero-order chi connectivity index (χ0) is 37.1. The van der Waals surface area contributed by atoms with Gasteiger partial charge in [-0.1, -0.05) is 160 Å². The molecule has 1 heteroatoms. The maximum absolute atomic E-state index is 2.54. The van der Waals surface area contributed by atoms with E-state index >= 15 is 0 Å². The van der Waals surface area contributed by atoms with Gasteiger partial charge in [-0.05, 0) is 145 Å². The van der Waals surface area contributed by atoms with E-state index < -0.39 is 0 Å². The number of aryl methyl sites for hydroxylation is 2. The Hall–Kier alpha value is -6.18. The number of nitrogens with zero attached hydrogens (tertiary/aromatic N) is 1. The number of hydrogen-bond donors (Lipinski definition) is 0. The Labute approximate surface area is 326 Å². The molecule has 55 heavy (non-hydrogen) atoms. The SMILES string of the molecule is CCC/C(=C(/CCC)c1cc2c3c(c(N(c4ccc(-c5ccccc5)cc4)c4ccc(-c5ccccc5)cc4)ccc3c1)CC2)c1ccc2ccccc2c1. The Morgan fingerprint density at radius 1 is 0.436 bits per heavy atom. The number of hydrogen-bond acceptors (Lipinski definition) is 1. The third-order valence-electron chi connectivity index (χ3n) is 11.4. The van der Waals surface area contributed by atoms with Crippen molar-refractivity contribution >= 4 is 49.8 Å². The van der Waals surface area contributed by atoms with Gasteiger partial charge < -0.3 is 4.90 Å². The van der Waals surface area contributed by atoms with Crippen LogP contribution < -0.4 is 4.90 Å².